The Kier molecular flexibility index (Phi) is 7.82. The standard InChI is InChI=1S/C14H31N3/c1-3-6-14(2)13-17-10-5-9-16(11-12-17)8-4-7-15/h14H,3-13,15H2,1-2H3. The summed E-state index contributed by atoms with van der Waals surface area (Å²) in [7, 11) is 0. The van der Waals surface area contributed by atoms with Gasteiger partial charge in [-0.3, -0.25) is 0 Å². The molecule has 1 saturated heterocycles. The topological polar surface area (TPSA) is 32.5 Å². The van der Waals surface area contributed by atoms with Crippen LogP contribution in [0.1, 0.15) is 39.5 Å². The van der Waals surface area contributed by atoms with Gasteiger partial charge in [-0.05, 0) is 51.4 Å². The van der Waals surface area contributed by atoms with Gasteiger partial charge in [-0.2, -0.15) is 0 Å². The Hall–Kier alpha value is -0.120. The Morgan fingerprint density at radius 3 is 2.53 bits per heavy atom. The average Bonchev–Trinajstić information content (AvgIpc) is 2.52. The molecule has 1 aliphatic rings. The van der Waals surface area contributed by atoms with Gasteiger partial charge in [0.2, 0.25) is 0 Å². The van der Waals surface area contributed by atoms with Gasteiger partial charge in [-0.1, -0.05) is 20.3 Å². The first-order valence-corrected chi connectivity index (χ1v) is 7.41. The van der Waals surface area contributed by atoms with Crippen LogP contribution in [0.4, 0.5) is 0 Å². The van der Waals surface area contributed by atoms with E-state index in [9.17, 15) is 0 Å². The third-order valence-corrected chi connectivity index (χ3v) is 3.71. The van der Waals surface area contributed by atoms with Gasteiger partial charge < -0.3 is 15.5 Å². The van der Waals surface area contributed by atoms with Crippen molar-refractivity contribution < 1.29 is 0 Å². The maximum Gasteiger partial charge on any atom is 0.0109 e. The molecule has 0 bridgehead atoms. The quantitative estimate of drug-likeness (QED) is 0.737. The molecule has 3 nitrogen and oxygen atoms in total. The highest BCUT2D eigenvalue weighted by molar-refractivity contribution is 4.71. The fraction of sp³-hybridized carbons (Fsp3) is 1.00. The number of nitrogens with two attached hydrogens (primary N) is 1. The SMILES string of the molecule is CCCC(C)CN1CCCN(CCCN)CC1. The second-order valence-electron chi connectivity index (χ2n) is 5.53. The van der Waals surface area contributed by atoms with Crippen molar-refractivity contribution in [3.63, 3.8) is 0 Å². The lowest BCUT2D eigenvalue weighted by molar-refractivity contribution is 0.228. The summed E-state index contributed by atoms with van der Waals surface area (Å²) in [5.41, 5.74) is 5.57. The van der Waals surface area contributed by atoms with E-state index in [1.165, 1.54) is 58.5 Å². The van der Waals surface area contributed by atoms with Crippen LogP contribution in [0.2, 0.25) is 0 Å². The summed E-state index contributed by atoms with van der Waals surface area (Å²) in [4.78, 5) is 5.24. The molecule has 1 fully saturated rings. The zero-order valence-electron chi connectivity index (χ0n) is 11.8. The van der Waals surface area contributed by atoms with Crippen molar-refractivity contribution in [2.24, 2.45) is 11.7 Å². The van der Waals surface area contributed by atoms with Crippen molar-refractivity contribution in [2.45, 2.75) is 39.5 Å². The molecular formula is C14H31N3. The molecule has 1 heterocycles. The summed E-state index contributed by atoms with van der Waals surface area (Å²) >= 11 is 0. The molecular weight excluding hydrogens is 210 g/mol. The summed E-state index contributed by atoms with van der Waals surface area (Å²) in [6.45, 7) is 13.0. The van der Waals surface area contributed by atoms with Gasteiger partial charge >= 0.3 is 0 Å². The molecule has 3 heteroatoms. The summed E-state index contributed by atoms with van der Waals surface area (Å²) in [6, 6.07) is 0. The lowest BCUT2D eigenvalue weighted by Gasteiger charge is -2.24. The van der Waals surface area contributed by atoms with Crippen molar-refractivity contribution in [3.8, 4) is 0 Å². The molecule has 0 aromatic heterocycles. The van der Waals surface area contributed by atoms with Gasteiger partial charge in [-0.15, -0.1) is 0 Å². The zero-order chi connectivity index (χ0) is 12.5. The number of nitrogens with zero attached hydrogens (tertiary/aromatic N) is 2. The van der Waals surface area contributed by atoms with Crippen LogP contribution in [0.3, 0.4) is 0 Å². The van der Waals surface area contributed by atoms with Gasteiger partial charge in [0.1, 0.15) is 0 Å². The third kappa shape index (κ3) is 6.39. The minimum atomic E-state index is 0.827. The maximum atomic E-state index is 5.57. The van der Waals surface area contributed by atoms with Crippen molar-refractivity contribution in [2.75, 3.05) is 45.8 Å². The molecule has 102 valence electrons. The highest BCUT2D eigenvalue weighted by atomic mass is 15.2. The number of hydrogen-bond donors (Lipinski definition) is 1. The van der Waals surface area contributed by atoms with E-state index in [1.54, 1.807) is 0 Å². The molecule has 1 rings (SSSR count). The zero-order valence-corrected chi connectivity index (χ0v) is 11.8. The van der Waals surface area contributed by atoms with Gasteiger partial charge in [0, 0.05) is 19.6 Å². The highest BCUT2D eigenvalue weighted by Crippen LogP contribution is 2.10. The van der Waals surface area contributed by atoms with Crippen LogP contribution in [0.25, 0.3) is 0 Å². The van der Waals surface area contributed by atoms with Crippen molar-refractivity contribution in [3.05, 3.63) is 0 Å². The smallest absolute Gasteiger partial charge is 0.0109 e. The molecule has 1 atom stereocenters. The lowest BCUT2D eigenvalue weighted by Crippen LogP contribution is -2.34. The van der Waals surface area contributed by atoms with Gasteiger partial charge in [0.15, 0.2) is 0 Å². The van der Waals surface area contributed by atoms with Crippen LogP contribution < -0.4 is 5.73 Å². The average molecular weight is 241 g/mol. The molecule has 0 aliphatic carbocycles. The van der Waals surface area contributed by atoms with Crippen LogP contribution in [-0.2, 0) is 0 Å². The monoisotopic (exact) mass is 241 g/mol. The van der Waals surface area contributed by atoms with E-state index in [-0.39, 0.29) is 0 Å². The molecule has 0 amide bonds. The number of hydrogen-bond acceptors (Lipinski definition) is 3. The molecule has 1 aliphatic heterocycles. The summed E-state index contributed by atoms with van der Waals surface area (Å²) < 4.78 is 0. The Morgan fingerprint density at radius 1 is 1.12 bits per heavy atom. The molecule has 0 radical (unpaired) electrons. The molecule has 17 heavy (non-hydrogen) atoms. The van der Waals surface area contributed by atoms with E-state index in [1.807, 2.05) is 0 Å². The Balaban J connectivity index is 2.22. The first-order valence-electron chi connectivity index (χ1n) is 7.41. The fourth-order valence-electron chi connectivity index (χ4n) is 2.77. The molecule has 0 spiro atoms. The molecule has 0 aromatic carbocycles. The first kappa shape index (κ1) is 14.9. The third-order valence-electron chi connectivity index (χ3n) is 3.71. The molecule has 0 aromatic rings. The minimum Gasteiger partial charge on any atom is -0.330 e. The second-order valence-corrected chi connectivity index (χ2v) is 5.53. The fourth-order valence-corrected chi connectivity index (χ4v) is 2.77. The molecule has 1 unspecified atom stereocenters. The molecule has 2 N–H and O–H groups in total. The highest BCUT2D eigenvalue weighted by Gasteiger charge is 2.15. The van der Waals surface area contributed by atoms with E-state index in [0.29, 0.717) is 0 Å². The van der Waals surface area contributed by atoms with E-state index in [4.69, 9.17) is 5.73 Å². The molecule has 0 saturated carbocycles. The largest absolute Gasteiger partial charge is 0.330 e. The van der Waals surface area contributed by atoms with Crippen LogP contribution >= 0.6 is 0 Å². The number of rotatable bonds is 7. The van der Waals surface area contributed by atoms with E-state index in [2.05, 4.69) is 23.6 Å². The first-order chi connectivity index (χ1) is 8.26. The van der Waals surface area contributed by atoms with Crippen LogP contribution in [0, 0.1) is 5.92 Å². The second kappa shape index (κ2) is 8.90. The van der Waals surface area contributed by atoms with Crippen LogP contribution in [0.5, 0.6) is 0 Å². The Bertz CT molecular complexity index is 184. The van der Waals surface area contributed by atoms with E-state index >= 15 is 0 Å². The lowest BCUT2D eigenvalue weighted by atomic mass is 10.1. The van der Waals surface area contributed by atoms with Crippen LogP contribution in [-0.4, -0.2) is 55.6 Å². The summed E-state index contributed by atoms with van der Waals surface area (Å²) in [5.74, 6) is 0.857. The predicted molar refractivity (Wildman–Crippen MR) is 75.2 cm³/mol. The van der Waals surface area contributed by atoms with Crippen LogP contribution in [0.15, 0.2) is 0 Å². The Labute approximate surface area is 107 Å². The maximum absolute atomic E-state index is 5.57. The summed E-state index contributed by atoms with van der Waals surface area (Å²) in [6.07, 6.45) is 5.15. The van der Waals surface area contributed by atoms with Gasteiger partial charge in [-0.25, -0.2) is 0 Å². The van der Waals surface area contributed by atoms with Crippen molar-refractivity contribution >= 4 is 0 Å². The van der Waals surface area contributed by atoms with Crippen molar-refractivity contribution in [1.82, 2.24) is 9.80 Å². The summed E-state index contributed by atoms with van der Waals surface area (Å²) in [5, 5.41) is 0. The van der Waals surface area contributed by atoms with Gasteiger partial charge in [0.25, 0.3) is 0 Å². The Morgan fingerprint density at radius 2 is 1.82 bits per heavy atom. The van der Waals surface area contributed by atoms with E-state index < -0.39 is 0 Å². The van der Waals surface area contributed by atoms with Gasteiger partial charge in [0.05, 0.1) is 0 Å². The predicted octanol–water partition coefficient (Wildman–Crippen LogP) is 1.78. The van der Waals surface area contributed by atoms with Crippen molar-refractivity contribution in [1.29, 1.82) is 0 Å². The normalized spacial score (nSPS) is 21.4. The minimum absolute atomic E-state index is 0.827. The van der Waals surface area contributed by atoms with E-state index in [0.717, 1.165) is 18.9 Å².